The van der Waals surface area contributed by atoms with Gasteiger partial charge in [-0.3, -0.25) is 14.5 Å². The summed E-state index contributed by atoms with van der Waals surface area (Å²) in [7, 11) is 0. The predicted molar refractivity (Wildman–Crippen MR) is 99.0 cm³/mol. The molecule has 2 aliphatic heterocycles. The molecular formula is C21H20N2O4. The zero-order valence-corrected chi connectivity index (χ0v) is 15.2. The summed E-state index contributed by atoms with van der Waals surface area (Å²) in [6, 6.07) is 12.0. The van der Waals surface area contributed by atoms with E-state index in [0.717, 1.165) is 16.8 Å². The summed E-state index contributed by atoms with van der Waals surface area (Å²) in [6.07, 6.45) is -0.203. The maximum Gasteiger partial charge on any atom is 0.340 e. The fraction of sp³-hybridized carbons (Fsp3) is 0.286. The third-order valence-electron chi connectivity index (χ3n) is 5.34. The lowest BCUT2D eigenvalue weighted by molar-refractivity contribution is -0.144. The van der Waals surface area contributed by atoms with Gasteiger partial charge in [0.2, 0.25) is 18.0 Å². The monoisotopic (exact) mass is 364 g/mol. The molecule has 2 aliphatic rings. The van der Waals surface area contributed by atoms with Crippen molar-refractivity contribution in [3.05, 3.63) is 64.7 Å². The van der Waals surface area contributed by atoms with Gasteiger partial charge in [0.25, 0.3) is 0 Å². The molecule has 138 valence electrons. The van der Waals surface area contributed by atoms with Crippen molar-refractivity contribution < 1.29 is 19.1 Å². The molecule has 2 heterocycles. The van der Waals surface area contributed by atoms with Crippen LogP contribution in [0.25, 0.3) is 0 Å². The Bertz CT molecular complexity index is 953. The lowest BCUT2D eigenvalue weighted by atomic mass is 10.1. The first-order valence-electron chi connectivity index (χ1n) is 8.95. The van der Waals surface area contributed by atoms with Crippen LogP contribution in [0.5, 0.6) is 0 Å². The van der Waals surface area contributed by atoms with E-state index in [1.807, 2.05) is 32.0 Å². The molecule has 2 amide bonds. The minimum atomic E-state index is -0.849. The number of anilines is 1. The van der Waals surface area contributed by atoms with Gasteiger partial charge in [0.15, 0.2) is 0 Å². The third-order valence-corrected chi connectivity index (χ3v) is 5.34. The van der Waals surface area contributed by atoms with Crippen molar-refractivity contribution in [2.24, 2.45) is 0 Å². The Balaban J connectivity index is 1.62. The molecule has 0 spiro atoms. The van der Waals surface area contributed by atoms with Crippen molar-refractivity contribution in [3.63, 3.8) is 0 Å². The number of nitrogens with zero attached hydrogens (tertiary/aromatic N) is 1. The van der Waals surface area contributed by atoms with Gasteiger partial charge >= 0.3 is 5.97 Å². The van der Waals surface area contributed by atoms with Crippen LogP contribution in [0.4, 0.5) is 5.69 Å². The van der Waals surface area contributed by atoms with Gasteiger partial charge in [0.1, 0.15) is 6.04 Å². The van der Waals surface area contributed by atoms with Crippen LogP contribution in [0, 0.1) is 13.8 Å². The third kappa shape index (κ3) is 2.87. The van der Waals surface area contributed by atoms with E-state index in [0.29, 0.717) is 17.5 Å². The average Bonchev–Trinajstić information content (AvgIpc) is 3.19. The zero-order valence-electron chi connectivity index (χ0n) is 15.2. The largest absolute Gasteiger partial charge is 0.433 e. The summed E-state index contributed by atoms with van der Waals surface area (Å²) in [4.78, 5) is 39.0. The van der Waals surface area contributed by atoms with E-state index in [9.17, 15) is 14.4 Å². The molecule has 6 heteroatoms. The van der Waals surface area contributed by atoms with E-state index in [1.165, 1.54) is 4.90 Å². The van der Waals surface area contributed by atoms with Crippen molar-refractivity contribution >= 4 is 23.5 Å². The van der Waals surface area contributed by atoms with Gasteiger partial charge in [-0.2, -0.15) is 0 Å². The number of rotatable bonds is 3. The maximum absolute atomic E-state index is 12.9. The SMILES string of the molecule is Cc1cccc(NC(=O)[C@@H]2CCC(=O)N2[C@H]2OC(=O)c3ccccc32)c1C. The number of cyclic esters (lactones) is 1. The Morgan fingerprint density at radius 3 is 2.70 bits per heavy atom. The van der Waals surface area contributed by atoms with Gasteiger partial charge in [-0.1, -0.05) is 30.3 Å². The fourth-order valence-electron chi connectivity index (χ4n) is 3.69. The lowest BCUT2D eigenvalue weighted by Gasteiger charge is -2.29. The number of nitrogens with one attached hydrogen (secondary N) is 1. The lowest BCUT2D eigenvalue weighted by Crippen LogP contribution is -2.44. The molecule has 0 saturated carbocycles. The zero-order chi connectivity index (χ0) is 19.1. The summed E-state index contributed by atoms with van der Waals surface area (Å²) < 4.78 is 5.45. The van der Waals surface area contributed by atoms with Crippen molar-refractivity contribution in [2.45, 2.75) is 39.0 Å². The van der Waals surface area contributed by atoms with Crippen LogP contribution in [0.15, 0.2) is 42.5 Å². The summed E-state index contributed by atoms with van der Waals surface area (Å²) >= 11 is 0. The van der Waals surface area contributed by atoms with Gasteiger partial charge < -0.3 is 10.1 Å². The standard InChI is InChI=1S/C21H20N2O4/c1-12-6-5-9-16(13(12)2)22-19(25)17-10-11-18(24)23(17)20-14-7-3-4-8-15(14)21(26)27-20/h3-9,17,20H,10-11H2,1-2H3,(H,22,25)/t17-,20-/m0/s1. The second-order valence-corrected chi connectivity index (χ2v) is 6.94. The molecular weight excluding hydrogens is 344 g/mol. The topological polar surface area (TPSA) is 75.7 Å². The number of carbonyl (C=O) groups excluding carboxylic acids is 3. The van der Waals surface area contributed by atoms with Crippen LogP contribution in [0.2, 0.25) is 0 Å². The number of ether oxygens (including phenoxy) is 1. The second-order valence-electron chi connectivity index (χ2n) is 6.94. The Hall–Kier alpha value is -3.15. The van der Waals surface area contributed by atoms with Gasteiger partial charge in [0, 0.05) is 17.7 Å². The van der Waals surface area contributed by atoms with Crippen molar-refractivity contribution in [1.82, 2.24) is 4.90 Å². The van der Waals surface area contributed by atoms with Gasteiger partial charge in [-0.05, 0) is 43.5 Å². The first-order valence-corrected chi connectivity index (χ1v) is 8.95. The summed E-state index contributed by atoms with van der Waals surface area (Å²) in [6.45, 7) is 3.92. The number of fused-ring (bicyclic) bond motifs is 1. The highest BCUT2D eigenvalue weighted by molar-refractivity contribution is 6.00. The Kier molecular flexibility index (Phi) is 4.18. The van der Waals surface area contributed by atoms with Gasteiger partial charge in [-0.25, -0.2) is 4.79 Å². The number of amides is 2. The molecule has 0 radical (unpaired) electrons. The Morgan fingerprint density at radius 1 is 1.11 bits per heavy atom. The fourth-order valence-corrected chi connectivity index (χ4v) is 3.69. The summed E-state index contributed by atoms with van der Waals surface area (Å²) in [5, 5.41) is 2.93. The molecule has 1 saturated heterocycles. The highest BCUT2D eigenvalue weighted by Crippen LogP contribution is 2.38. The number of carbonyl (C=O) groups is 3. The van der Waals surface area contributed by atoms with Crippen LogP contribution < -0.4 is 5.32 Å². The highest BCUT2D eigenvalue weighted by Gasteiger charge is 2.46. The highest BCUT2D eigenvalue weighted by atomic mass is 16.6. The number of hydrogen-bond acceptors (Lipinski definition) is 4. The number of likely N-dealkylation sites (tertiary alicyclic amines) is 1. The molecule has 0 aliphatic carbocycles. The Labute approximate surface area is 157 Å². The second kappa shape index (κ2) is 6.54. The van der Waals surface area contributed by atoms with Crippen LogP contribution >= 0.6 is 0 Å². The van der Waals surface area contributed by atoms with E-state index in [4.69, 9.17) is 4.74 Å². The van der Waals surface area contributed by atoms with Gasteiger partial charge in [0.05, 0.1) is 5.56 Å². The van der Waals surface area contributed by atoms with Crippen LogP contribution in [-0.2, 0) is 14.3 Å². The molecule has 0 aromatic heterocycles. The first-order chi connectivity index (χ1) is 13.0. The number of aryl methyl sites for hydroxylation is 1. The molecule has 2 atom stereocenters. The number of hydrogen-bond donors (Lipinski definition) is 1. The molecule has 27 heavy (non-hydrogen) atoms. The molecule has 0 bridgehead atoms. The van der Waals surface area contributed by atoms with Crippen LogP contribution in [0.3, 0.4) is 0 Å². The number of benzene rings is 2. The quantitative estimate of drug-likeness (QED) is 0.849. The average molecular weight is 364 g/mol. The van der Waals surface area contributed by atoms with Crippen molar-refractivity contribution in [2.75, 3.05) is 5.32 Å². The van der Waals surface area contributed by atoms with E-state index in [1.54, 1.807) is 24.3 Å². The molecule has 2 aromatic carbocycles. The maximum atomic E-state index is 12.9. The molecule has 1 N–H and O–H groups in total. The first kappa shape index (κ1) is 17.3. The van der Waals surface area contributed by atoms with Crippen molar-refractivity contribution in [1.29, 1.82) is 0 Å². The van der Waals surface area contributed by atoms with Gasteiger partial charge in [-0.15, -0.1) is 0 Å². The molecule has 0 unspecified atom stereocenters. The number of esters is 1. The summed E-state index contributed by atoms with van der Waals surface area (Å²) in [5.74, 6) is -0.926. The van der Waals surface area contributed by atoms with Crippen LogP contribution in [-0.4, -0.2) is 28.7 Å². The van der Waals surface area contributed by atoms with Crippen LogP contribution in [0.1, 0.15) is 46.1 Å². The Morgan fingerprint density at radius 2 is 1.89 bits per heavy atom. The molecule has 1 fully saturated rings. The minimum absolute atomic E-state index is 0.189. The van der Waals surface area contributed by atoms with E-state index in [2.05, 4.69) is 5.32 Å². The van der Waals surface area contributed by atoms with E-state index in [-0.39, 0.29) is 18.2 Å². The summed E-state index contributed by atoms with van der Waals surface area (Å²) in [5.41, 5.74) is 3.85. The predicted octanol–water partition coefficient (Wildman–Crippen LogP) is 3.10. The van der Waals surface area contributed by atoms with Crippen molar-refractivity contribution in [3.8, 4) is 0 Å². The normalized spacial score (nSPS) is 21.2. The minimum Gasteiger partial charge on any atom is -0.433 e. The van der Waals surface area contributed by atoms with E-state index >= 15 is 0 Å². The smallest absolute Gasteiger partial charge is 0.340 e. The molecule has 6 nitrogen and oxygen atoms in total. The molecule has 4 rings (SSSR count). The molecule has 2 aromatic rings. The van der Waals surface area contributed by atoms with E-state index < -0.39 is 18.2 Å².